The summed E-state index contributed by atoms with van der Waals surface area (Å²) in [6.07, 6.45) is 10.2. The van der Waals surface area contributed by atoms with Crippen molar-refractivity contribution in [3.05, 3.63) is 152 Å². The predicted octanol–water partition coefficient (Wildman–Crippen LogP) is 8.32. The summed E-state index contributed by atoms with van der Waals surface area (Å²) < 4.78 is 44.3. The van der Waals surface area contributed by atoms with E-state index in [1.807, 2.05) is 13.0 Å². The van der Waals surface area contributed by atoms with E-state index in [9.17, 15) is 14.7 Å². The number of halogens is 2. The second-order valence-electron chi connectivity index (χ2n) is 16.4. The van der Waals surface area contributed by atoms with Gasteiger partial charge in [0.05, 0.1) is 51.5 Å². The molecule has 13 nitrogen and oxygen atoms in total. The number of aromatic carboxylic acids is 1. The van der Waals surface area contributed by atoms with E-state index in [0.29, 0.717) is 76.3 Å². The Kier molecular flexibility index (Phi) is 10.4. The van der Waals surface area contributed by atoms with Gasteiger partial charge in [0.1, 0.15) is 17.3 Å². The van der Waals surface area contributed by atoms with Crippen LogP contribution in [0, 0.1) is 31.4 Å². The van der Waals surface area contributed by atoms with E-state index < -0.39 is 23.5 Å². The van der Waals surface area contributed by atoms with Crippen molar-refractivity contribution in [2.75, 3.05) is 19.8 Å². The van der Waals surface area contributed by atoms with Crippen LogP contribution in [0.1, 0.15) is 87.2 Å². The second-order valence-corrected chi connectivity index (χ2v) is 16.4. The Balaban J connectivity index is 1.20. The van der Waals surface area contributed by atoms with E-state index in [2.05, 4.69) is 24.7 Å². The van der Waals surface area contributed by atoms with Crippen LogP contribution in [0.15, 0.2) is 90.1 Å². The molecule has 2 aliphatic rings. The van der Waals surface area contributed by atoms with E-state index in [0.717, 1.165) is 24.0 Å². The van der Waals surface area contributed by atoms with Crippen molar-refractivity contribution in [2.45, 2.75) is 53.0 Å². The molecule has 0 spiro atoms. The Hall–Kier alpha value is -7.13. The largest absolute Gasteiger partial charge is 0.478 e. The molecule has 6 heterocycles. The Morgan fingerprint density at radius 1 is 0.968 bits per heavy atom. The molecule has 0 aliphatic carbocycles. The van der Waals surface area contributed by atoms with Crippen LogP contribution < -0.4 is 5.69 Å². The molecule has 0 bridgehead atoms. The van der Waals surface area contributed by atoms with Gasteiger partial charge in [0.25, 0.3) is 5.91 Å². The molecule has 0 unspecified atom stereocenters. The summed E-state index contributed by atoms with van der Waals surface area (Å²) in [4.78, 5) is 43.8. The maximum absolute atomic E-state index is 16.1. The van der Waals surface area contributed by atoms with Crippen molar-refractivity contribution in [1.82, 2.24) is 38.2 Å². The Morgan fingerprint density at radius 3 is 2.41 bits per heavy atom. The minimum Gasteiger partial charge on any atom is -0.478 e. The second kappa shape index (κ2) is 16.0. The number of aryl methyl sites for hydroxylation is 3. The molecule has 1 amide bonds. The molecule has 1 N–H and O–H groups in total. The third-order valence-electron chi connectivity index (χ3n) is 12.6. The number of hydrogen-bond acceptors (Lipinski definition) is 6. The molecule has 1 atom stereocenters. The molecule has 2 aliphatic heterocycles. The lowest BCUT2D eigenvalue weighted by atomic mass is 9.91. The normalized spacial score (nSPS) is 15.9. The molecule has 9 rings (SSSR count). The van der Waals surface area contributed by atoms with Crippen LogP contribution in [0.2, 0.25) is 0 Å². The number of ether oxygens (including phenoxy) is 1. The standard InChI is InChI=1S/C48H46F2N8O5/c1-7-38-33(21-27(2)31-14-19-63-20-15-31)25-41(57(38)34-10-8-9-32(24-34)47(60)61)46(59)54-16-13-37-42(30(54)5)45(58(52-37)35-22-28(3)43(49)29(4)23-35)56-18-17-55(48(56)62)40-12-11-39-36(44(40)50)26-51-53(39)6/h7-12,17-18,21-26,30-31H,1,13-16,19-20H2,2-6H3,(H,60,61)/b27-21+/t30-/m0/s1. The summed E-state index contributed by atoms with van der Waals surface area (Å²) in [5.74, 6) is -1.81. The molecule has 322 valence electrons. The summed E-state index contributed by atoms with van der Waals surface area (Å²) >= 11 is 0. The van der Waals surface area contributed by atoms with E-state index in [4.69, 9.17) is 9.84 Å². The summed E-state index contributed by atoms with van der Waals surface area (Å²) in [5.41, 5.74) is 5.82. The number of carboxylic acid groups (broad SMARTS) is 1. The van der Waals surface area contributed by atoms with Crippen LogP contribution >= 0.6 is 0 Å². The number of carbonyl (C=O) groups is 2. The maximum Gasteiger partial charge on any atom is 0.338 e. The minimum atomic E-state index is -1.11. The molecule has 15 heteroatoms. The minimum absolute atomic E-state index is 0.0279. The van der Waals surface area contributed by atoms with E-state index >= 15 is 13.6 Å². The van der Waals surface area contributed by atoms with Gasteiger partial charge in [-0.3, -0.25) is 18.6 Å². The highest BCUT2D eigenvalue weighted by Gasteiger charge is 2.37. The quantitative estimate of drug-likeness (QED) is 0.154. The zero-order valence-electron chi connectivity index (χ0n) is 35.6. The fraction of sp³-hybridized carbons (Fsp3) is 0.271. The molecule has 3 aromatic carbocycles. The molecule has 0 radical (unpaired) electrons. The van der Waals surface area contributed by atoms with Crippen LogP contribution in [-0.2, 0) is 18.2 Å². The lowest BCUT2D eigenvalue weighted by Crippen LogP contribution is -2.40. The zero-order valence-corrected chi connectivity index (χ0v) is 35.6. The van der Waals surface area contributed by atoms with E-state index in [1.165, 1.54) is 45.9 Å². The molecule has 63 heavy (non-hydrogen) atoms. The number of carboxylic acids is 1. The average molecular weight is 853 g/mol. The smallest absolute Gasteiger partial charge is 0.338 e. The average Bonchev–Trinajstić information content (AvgIpc) is 4.06. The van der Waals surface area contributed by atoms with Gasteiger partial charge in [0.2, 0.25) is 0 Å². The van der Waals surface area contributed by atoms with Crippen molar-refractivity contribution in [1.29, 1.82) is 0 Å². The van der Waals surface area contributed by atoms with Gasteiger partial charge in [-0.1, -0.05) is 24.3 Å². The first kappa shape index (κ1) is 41.2. The monoisotopic (exact) mass is 852 g/mol. The van der Waals surface area contributed by atoms with Crippen LogP contribution in [0.4, 0.5) is 8.78 Å². The SMILES string of the molecule is C=Cc1c(/C=C(\C)C2CCOCC2)cc(C(=O)N2CCc3nn(-c4cc(C)c(F)c(C)c4)c(-n4ccn(-c5ccc6c(cnn6C)c5F)c4=O)c3[C@@H]2C)n1-c1cccc(C(=O)O)c1. The van der Waals surface area contributed by atoms with Gasteiger partial charge in [-0.15, -0.1) is 0 Å². The maximum atomic E-state index is 16.1. The van der Waals surface area contributed by atoms with Gasteiger partial charge in [-0.05, 0) is 112 Å². The number of allylic oxidation sites excluding steroid dienone is 1. The molecular weight excluding hydrogens is 807 g/mol. The predicted molar refractivity (Wildman–Crippen MR) is 235 cm³/mol. The number of hydrogen-bond donors (Lipinski definition) is 1. The van der Waals surface area contributed by atoms with Crippen molar-refractivity contribution in [3.8, 4) is 22.9 Å². The summed E-state index contributed by atoms with van der Waals surface area (Å²) in [6.45, 7) is 13.0. The number of fused-ring (bicyclic) bond motifs is 2. The molecule has 4 aromatic heterocycles. The van der Waals surface area contributed by atoms with Gasteiger partial charge in [-0.2, -0.15) is 10.2 Å². The van der Waals surface area contributed by atoms with E-state index in [-0.39, 0.29) is 40.6 Å². The van der Waals surface area contributed by atoms with Crippen LogP contribution in [0.25, 0.3) is 45.9 Å². The number of amides is 1. The fourth-order valence-electron chi connectivity index (χ4n) is 9.22. The first-order valence-corrected chi connectivity index (χ1v) is 20.9. The Labute approximate surface area is 361 Å². The molecule has 1 fully saturated rings. The van der Waals surface area contributed by atoms with Crippen molar-refractivity contribution >= 4 is 34.9 Å². The third-order valence-corrected chi connectivity index (χ3v) is 12.6. The number of nitrogens with zero attached hydrogens (tertiary/aromatic N) is 8. The summed E-state index contributed by atoms with van der Waals surface area (Å²) in [7, 11) is 1.71. The molecule has 1 saturated heterocycles. The number of imidazole rings is 1. The van der Waals surface area contributed by atoms with Crippen LogP contribution in [0.5, 0.6) is 0 Å². The fourth-order valence-corrected chi connectivity index (χ4v) is 9.22. The highest BCUT2D eigenvalue weighted by molar-refractivity contribution is 5.96. The van der Waals surface area contributed by atoms with Crippen LogP contribution in [0.3, 0.4) is 0 Å². The number of carbonyl (C=O) groups excluding carboxylic acids is 1. The van der Waals surface area contributed by atoms with Gasteiger partial charge in [0, 0.05) is 62.4 Å². The summed E-state index contributed by atoms with van der Waals surface area (Å²) in [5, 5.41) is 19.4. The number of rotatable bonds is 9. The van der Waals surface area contributed by atoms with Crippen molar-refractivity contribution in [2.24, 2.45) is 13.0 Å². The van der Waals surface area contributed by atoms with Gasteiger partial charge in [-0.25, -0.2) is 23.1 Å². The molecule has 7 aromatic rings. The first-order chi connectivity index (χ1) is 30.3. The molecular formula is C48H46F2N8O5. The third kappa shape index (κ3) is 6.92. The van der Waals surface area contributed by atoms with Gasteiger partial charge < -0.3 is 19.3 Å². The number of aromatic nitrogens is 7. The highest BCUT2D eigenvalue weighted by atomic mass is 19.1. The lowest BCUT2D eigenvalue weighted by Gasteiger charge is -2.34. The van der Waals surface area contributed by atoms with Crippen LogP contribution in [-0.4, -0.2) is 74.9 Å². The lowest BCUT2D eigenvalue weighted by molar-refractivity contribution is 0.0667. The van der Waals surface area contributed by atoms with E-state index in [1.54, 1.807) is 76.1 Å². The van der Waals surface area contributed by atoms with Gasteiger partial charge >= 0.3 is 11.7 Å². The summed E-state index contributed by atoms with van der Waals surface area (Å²) in [6, 6.07) is 14.1. The molecule has 0 saturated carbocycles. The first-order valence-electron chi connectivity index (χ1n) is 20.9. The van der Waals surface area contributed by atoms with Crippen molar-refractivity contribution < 1.29 is 28.2 Å². The van der Waals surface area contributed by atoms with Crippen molar-refractivity contribution in [3.63, 3.8) is 0 Å². The van der Waals surface area contributed by atoms with Gasteiger partial charge in [0.15, 0.2) is 5.82 Å². The number of benzene rings is 3. The Morgan fingerprint density at radius 2 is 1.70 bits per heavy atom. The topological polar surface area (TPSA) is 134 Å². The Bertz CT molecular complexity index is 3080. The highest BCUT2D eigenvalue weighted by Crippen LogP contribution is 2.38. The zero-order chi connectivity index (χ0) is 44.4.